The second-order valence-electron chi connectivity index (χ2n) is 3.62. The van der Waals surface area contributed by atoms with Gasteiger partial charge in [-0.2, -0.15) is 0 Å². The minimum Gasteiger partial charge on any atom is -0.262 e. The van der Waals surface area contributed by atoms with Crippen molar-refractivity contribution >= 4 is 10.9 Å². The zero-order valence-electron chi connectivity index (χ0n) is 8.84. The number of hydrogen-bond donors (Lipinski definition) is 0. The molecule has 0 saturated carbocycles. The van der Waals surface area contributed by atoms with E-state index in [-0.39, 0.29) is 5.82 Å². The van der Waals surface area contributed by atoms with Gasteiger partial charge in [0.2, 0.25) is 0 Å². The van der Waals surface area contributed by atoms with Gasteiger partial charge in [0, 0.05) is 23.3 Å². The third kappa shape index (κ3) is 1.73. The Morgan fingerprint density at radius 3 is 2.59 bits per heavy atom. The van der Waals surface area contributed by atoms with Crippen LogP contribution < -0.4 is 0 Å². The van der Waals surface area contributed by atoms with E-state index in [9.17, 15) is 4.39 Å². The highest BCUT2D eigenvalue weighted by Gasteiger charge is 2.06. The van der Waals surface area contributed by atoms with Gasteiger partial charge in [-0.15, -0.1) is 0 Å². The first-order valence-corrected chi connectivity index (χ1v) is 5.15. The molecule has 82 valence electrons. The first kappa shape index (κ1) is 9.84. The van der Waals surface area contributed by atoms with Crippen molar-refractivity contribution in [2.75, 3.05) is 0 Å². The van der Waals surface area contributed by atoms with Crippen molar-refractivity contribution in [1.29, 1.82) is 0 Å². The number of aromatic nitrogens is 3. The van der Waals surface area contributed by atoms with Gasteiger partial charge in [-0.25, -0.2) is 9.37 Å². The lowest BCUT2D eigenvalue weighted by atomic mass is 10.1. The zero-order valence-corrected chi connectivity index (χ0v) is 8.84. The Bertz CT molecular complexity index is 682. The van der Waals surface area contributed by atoms with Crippen LogP contribution in [-0.4, -0.2) is 15.0 Å². The summed E-state index contributed by atoms with van der Waals surface area (Å²) < 4.78 is 13.6. The molecule has 3 rings (SSSR count). The molecule has 3 aromatic rings. The van der Waals surface area contributed by atoms with Gasteiger partial charge in [0.25, 0.3) is 0 Å². The van der Waals surface area contributed by atoms with E-state index in [0.29, 0.717) is 11.3 Å². The smallest absolute Gasteiger partial charge is 0.150 e. The van der Waals surface area contributed by atoms with Crippen molar-refractivity contribution in [1.82, 2.24) is 15.0 Å². The molecule has 3 aromatic heterocycles. The molecule has 0 saturated heterocycles. The minimum absolute atomic E-state index is 0.372. The van der Waals surface area contributed by atoms with Crippen LogP contribution >= 0.6 is 0 Å². The molecule has 0 aromatic carbocycles. The molecule has 3 nitrogen and oxygen atoms in total. The quantitative estimate of drug-likeness (QED) is 0.639. The Balaban J connectivity index is 2.22. The summed E-state index contributed by atoms with van der Waals surface area (Å²) in [6.45, 7) is 0. The fraction of sp³-hybridized carbons (Fsp3) is 0. The minimum atomic E-state index is -0.372. The van der Waals surface area contributed by atoms with E-state index in [0.717, 1.165) is 10.9 Å². The summed E-state index contributed by atoms with van der Waals surface area (Å²) in [5.41, 5.74) is 1.79. The predicted octanol–water partition coefficient (Wildman–Crippen LogP) is 2.83. The van der Waals surface area contributed by atoms with Crippen LogP contribution in [0.1, 0.15) is 0 Å². The van der Waals surface area contributed by atoms with E-state index >= 15 is 0 Å². The fourth-order valence-electron chi connectivity index (χ4n) is 1.70. The number of rotatable bonds is 1. The van der Waals surface area contributed by atoms with Gasteiger partial charge in [0.15, 0.2) is 5.82 Å². The van der Waals surface area contributed by atoms with Crippen LogP contribution in [0.3, 0.4) is 0 Å². The first-order chi connectivity index (χ1) is 8.34. The van der Waals surface area contributed by atoms with Gasteiger partial charge in [0.1, 0.15) is 0 Å². The molecule has 0 aliphatic carbocycles. The molecule has 0 aliphatic rings. The molecule has 0 N–H and O–H groups in total. The summed E-state index contributed by atoms with van der Waals surface area (Å²) >= 11 is 0. The Kier molecular flexibility index (Phi) is 2.26. The van der Waals surface area contributed by atoms with Crippen molar-refractivity contribution in [2.45, 2.75) is 0 Å². The normalized spacial score (nSPS) is 10.6. The van der Waals surface area contributed by atoms with E-state index in [1.165, 1.54) is 6.20 Å². The highest BCUT2D eigenvalue weighted by atomic mass is 19.1. The second-order valence-corrected chi connectivity index (χ2v) is 3.62. The average molecular weight is 225 g/mol. The second kappa shape index (κ2) is 3.90. The average Bonchev–Trinajstić information content (AvgIpc) is 2.39. The van der Waals surface area contributed by atoms with Gasteiger partial charge < -0.3 is 0 Å². The molecule has 4 heteroatoms. The van der Waals surface area contributed by atoms with Gasteiger partial charge in [-0.05, 0) is 18.2 Å². The van der Waals surface area contributed by atoms with Gasteiger partial charge in [-0.3, -0.25) is 9.97 Å². The van der Waals surface area contributed by atoms with Crippen LogP contribution in [0, 0.1) is 5.82 Å². The summed E-state index contributed by atoms with van der Waals surface area (Å²) in [5, 5.41) is 0.984. The highest BCUT2D eigenvalue weighted by Crippen LogP contribution is 2.22. The third-order valence-corrected chi connectivity index (χ3v) is 2.54. The first-order valence-electron chi connectivity index (χ1n) is 5.15. The number of hydrogen-bond acceptors (Lipinski definition) is 3. The molecule has 0 fully saturated rings. The molecule has 0 bridgehead atoms. The van der Waals surface area contributed by atoms with Crippen molar-refractivity contribution in [3.8, 4) is 11.3 Å². The molecule has 0 aliphatic heterocycles. The summed E-state index contributed by atoms with van der Waals surface area (Å²) in [7, 11) is 0. The van der Waals surface area contributed by atoms with Crippen molar-refractivity contribution < 1.29 is 4.39 Å². The van der Waals surface area contributed by atoms with Gasteiger partial charge >= 0.3 is 0 Å². The van der Waals surface area contributed by atoms with Gasteiger partial charge in [0.05, 0.1) is 23.6 Å². The monoisotopic (exact) mass is 225 g/mol. The number of nitrogens with zero attached hydrogens (tertiary/aromatic N) is 3. The number of halogens is 1. The lowest BCUT2D eigenvalue weighted by molar-refractivity contribution is 0.624. The van der Waals surface area contributed by atoms with Crippen molar-refractivity contribution in [3.63, 3.8) is 0 Å². The summed E-state index contributed by atoms with van der Waals surface area (Å²) in [6.07, 6.45) is 6.10. The van der Waals surface area contributed by atoms with E-state index in [1.54, 1.807) is 30.7 Å². The topological polar surface area (TPSA) is 38.7 Å². The molecule has 0 unspecified atom stereocenters. The van der Waals surface area contributed by atoms with Crippen LogP contribution in [0.4, 0.5) is 4.39 Å². The van der Waals surface area contributed by atoms with Crippen molar-refractivity contribution in [3.05, 3.63) is 54.9 Å². The Morgan fingerprint density at radius 1 is 0.882 bits per heavy atom. The SMILES string of the molecule is Fc1cnccc1-c1ccc2ccncc2n1. The Morgan fingerprint density at radius 2 is 1.71 bits per heavy atom. The summed E-state index contributed by atoms with van der Waals surface area (Å²) in [5.74, 6) is -0.372. The summed E-state index contributed by atoms with van der Waals surface area (Å²) in [4.78, 5) is 12.1. The van der Waals surface area contributed by atoms with E-state index in [1.807, 2.05) is 12.1 Å². The fourth-order valence-corrected chi connectivity index (χ4v) is 1.70. The highest BCUT2D eigenvalue weighted by molar-refractivity contribution is 5.80. The molecule has 0 atom stereocenters. The largest absolute Gasteiger partial charge is 0.262 e. The van der Waals surface area contributed by atoms with Crippen LogP contribution in [-0.2, 0) is 0 Å². The molecule has 3 heterocycles. The molecular weight excluding hydrogens is 217 g/mol. The maximum atomic E-state index is 13.6. The van der Waals surface area contributed by atoms with Crippen molar-refractivity contribution in [2.24, 2.45) is 0 Å². The molecule has 0 spiro atoms. The maximum absolute atomic E-state index is 13.6. The van der Waals surface area contributed by atoms with Crippen LogP contribution in [0.15, 0.2) is 49.1 Å². The van der Waals surface area contributed by atoms with Crippen LogP contribution in [0.2, 0.25) is 0 Å². The number of pyridine rings is 3. The van der Waals surface area contributed by atoms with E-state index in [4.69, 9.17) is 0 Å². The predicted molar refractivity (Wildman–Crippen MR) is 62.7 cm³/mol. The van der Waals surface area contributed by atoms with E-state index < -0.39 is 0 Å². The molecule has 17 heavy (non-hydrogen) atoms. The molecule has 0 radical (unpaired) electrons. The third-order valence-electron chi connectivity index (χ3n) is 2.54. The zero-order chi connectivity index (χ0) is 11.7. The number of fused-ring (bicyclic) bond motifs is 1. The molecular formula is C13H8FN3. The summed E-state index contributed by atoms with van der Waals surface area (Å²) in [6, 6.07) is 7.18. The standard InChI is InChI=1S/C13H8FN3/c14-11-7-15-6-4-10(11)12-2-1-9-3-5-16-8-13(9)17-12/h1-8H. The van der Waals surface area contributed by atoms with Crippen LogP contribution in [0.25, 0.3) is 22.2 Å². The Hall–Kier alpha value is -2.36. The Labute approximate surface area is 97.0 Å². The van der Waals surface area contributed by atoms with Crippen LogP contribution in [0.5, 0.6) is 0 Å². The maximum Gasteiger partial charge on any atom is 0.150 e. The molecule has 0 amide bonds. The lowest BCUT2D eigenvalue weighted by Crippen LogP contribution is -1.90. The lowest BCUT2D eigenvalue weighted by Gasteiger charge is -2.03. The van der Waals surface area contributed by atoms with Gasteiger partial charge in [-0.1, -0.05) is 6.07 Å². The van der Waals surface area contributed by atoms with E-state index in [2.05, 4.69) is 15.0 Å².